The minimum Gasteiger partial charge on any atom is -0.326 e. The van der Waals surface area contributed by atoms with Gasteiger partial charge in [0.1, 0.15) is 5.02 Å². The van der Waals surface area contributed by atoms with E-state index < -0.39 is 10.8 Å². The van der Waals surface area contributed by atoms with Gasteiger partial charge in [0, 0.05) is 30.4 Å². The Balaban J connectivity index is 2.02. The molecule has 0 saturated heterocycles. The van der Waals surface area contributed by atoms with Crippen LogP contribution in [0.25, 0.3) is 6.08 Å². The molecule has 0 unspecified atom stereocenters. The molecule has 0 atom stereocenters. The number of amides is 2. The Hall–Kier alpha value is -3.19. The maximum absolute atomic E-state index is 11.9. The second-order valence-electron chi connectivity index (χ2n) is 5.05. The molecule has 7 nitrogen and oxygen atoms in total. The Labute approximate surface area is 148 Å². The standard InChI is InChI=1S/C17H14ClN3O4/c1-11(22)19-13-5-2-12(3-6-13)4-9-17(23)20-14-7-8-15(18)16(10-14)21(24)25/h2-10H,1H3,(H,19,22)(H,20,23)/b9-4+. The highest BCUT2D eigenvalue weighted by molar-refractivity contribution is 6.32. The maximum Gasteiger partial charge on any atom is 0.289 e. The second kappa shape index (κ2) is 8.07. The van der Waals surface area contributed by atoms with Gasteiger partial charge in [-0.15, -0.1) is 0 Å². The first-order chi connectivity index (χ1) is 11.8. The summed E-state index contributed by atoms with van der Waals surface area (Å²) in [4.78, 5) is 33.1. The fraction of sp³-hybridized carbons (Fsp3) is 0.0588. The Morgan fingerprint density at radius 3 is 2.32 bits per heavy atom. The van der Waals surface area contributed by atoms with Gasteiger partial charge in [0.25, 0.3) is 5.69 Å². The van der Waals surface area contributed by atoms with Gasteiger partial charge < -0.3 is 10.6 Å². The van der Waals surface area contributed by atoms with Crippen LogP contribution in [0.5, 0.6) is 0 Å². The number of rotatable bonds is 5. The van der Waals surface area contributed by atoms with Crippen LogP contribution in [0.1, 0.15) is 12.5 Å². The van der Waals surface area contributed by atoms with E-state index in [0.717, 1.165) is 5.56 Å². The largest absolute Gasteiger partial charge is 0.326 e. The van der Waals surface area contributed by atoms with Crippen molar-refractivity contribution in [3.8, 4) is 0 Å². The molecule has 2 amide bonds. The number of carbonyl (C=O) groups excluding carboxylic acids is 2. The van der Waals surface area contributed by atoms with Crippen LogP contribution in [0.2, 0.25) is 5.02 Å². The smallest absolute Gasteiger partial charge is 0.289 e. The van der Waals surface area contributed by atoms with Crippen molar-refractivity contribution in [3.63, 3.8) is 0 Å². The molecular weight excluding hydrogens is 346 g/mol. The number of carbonyl (C=O) groups is 2. The number of hydrogen-bond donors (Lipinski definition) is 2. The van der Waals surface area contributed by atoms with E-state index in [2.05, 4.69) is 10.6 Å². The number of nitro benzene ring substituents is 1. The molecule has 0 bridgehead atoms. The molecule has 0 aromatic heterocycles. The van der Waals surface area contributed by atoms with Crippen molar-refractivity contribution in [2.75, 3.05) is 10.6 Å². The van der Waals surface area contributed by atoms with Crippen LogP contribution in [-0.2, 0) is 9.59 Å². The molecule has 2 rings (SSSR count). The van der Waals surface area contributed by atoms with Crippen molar-refractivity contribution in [2.24, 2.45) is 0 Å². The van der Waals surface area contributed by atoms with Gasteiger partial charge in [-0.05, 0) is 35.9 Å². The number of halogens is 1. The fourth-order valence-corrected chi connectivity index (χ4v) is 2.15. The molecule has 0 heterocycles. The second-order valence-corrected chi connectivity index (χ2v) is 5.46. The Morgan fingerprint density at radius 2 is 1.72 bits per heavy atom. The lowest BCUT2D eigenvalue weighted by Gasteiger charge is -2.03. The van der Waals surface area contributed by atoms with Crippen LogP contribution in [0.4, 0.5) is 17.1 Å². The van der Waals surface area contributed by atoms with Crippen molar-refractivity contribution in [1.29, 1.82) is 0 Å². The van der Waals surface area contributed by atoms with Crippen molar-refractivity contribution in [2.45, 2.75) is 6.92 Å². The van der Waals surface area contributed by atoms with E-state index >= 15 is 0 Å². The first kappa shape index (κ1) is 18.2. The summed E-state index contributed by atoms with van der Waals surface area (Å²) in [5, 5.41) is 16.0. The van der Waals surface area contributed by atoms with Gasteiger partial charge >= 0.3 is 0 Å². The third-order valence-corrected chi connectivity index (χ3v) is 3.39. The highest BCUT2D eigenvalue weighted by Crippen LogP contribution is 2.27. The lowest BCUT2D eigenvalue weighted by Crippen LogP contribution is -2.08. The number of nitrogens with one attached hydrogen (secondary N) is 2. The van der Waals surface area contributed by atoms with E-state index in [0.29, 0.717) is 5.69 Å². The van der Waals surface area contributed by atoms with Crippen molar-refractivity contribution >= 4 is 46.6 Å². The summed E-state index contributed by atoms with van der Waals surface area (Å²) >= 11 is 5.72. The van der Waals surface area contributed by atoms with Gasteiger partial charge in [-0.2, -0.15) is 0 Å². The summed E-state index contributed by atoms with van der Waals surface area (Å²) < 4.78 is 0. The molecule has 0 aliphatic rings. The van der Waals surface area contributed by atoms with Crippen molar-refractivity contribution < 1.29 is 14.5 Å². The lowest BCUT2D eigenvalue weighted by atomic mass is 10.2. The first-order valence-corrected chi connectivity index (χ1v) is 7.53. The van der Waals surface area contributed by atoms with E-state index in [9.17, 15) is 19.7 Å². The third kappa shape index (κ3) is 5.43. The molecular formula is C17H14ClN3O4. The summed E-state index contributed by atoms with van der Waals surface area (Å²) in [5.41, 5.74) is 1.40. The van der Waals surface area contributed by atoms with E-state index in [1.165, 1.54) is 31.2 Å². The highest BCUT2D eigenvalue weighted by Gasteiger charge is 2.13. The summed E-state index contributed by atoms with van der Waals surface area (Å²) in [5.74, 6) is -0.609. The molecule has 0 spiro atoms. The molecule has 25 heavy (non-hydrogen) atoms. The van der Waals surface area contributed by atoms with Crippen LogP contribution >= 0.6 is 11.6 Å². The summed E-state index contributed by atoms with van der Waals surface area (Å²) in [6.45, 7) is 1.42. The van der Waals surface area contributed by atoms with Gasteiger partial charge in [0.05, 0.1) is 4.92 Å². The Kier molecular flexibility index (Phi) is 5.86. The zero-order valence-corrected chi connectivity index (χ0v) is 13.9. The summed E-state index contributed by atoms with van der Waals surface area (Å²) in [7, 11) is 0. The van der Waals surface area contributed by atoms with Crippen LogP contribution in [0.3, 0.4) is 0 Å². The van der Waals surface area contributed by atoms with Crippen molar-refractivity contribution in [3.05, 3.63) is 69.2 Å². The molecule has 0 saturated carbocycles. The molecule has 2 aromatic rings. The van der Waals surface area contributed by atoms with Gasteiger partial charge in [-0.1, -0.05) is 23.7 Å². The monoisotopic (exact) mass is 359 g/mol. The van der Waals surface area contributed by atoms with E-state index in [1.54, 1.807) is 30.3 Å². The number of nitrogens with zero attached hydrogens (tertiary/aromatic N) is 1. The van der Waals surface area contributed by atoms with Gasteiger partial charge in [0.2, 0.25) is 11.8 Å². The zero-order valence-electron chi connectivity index (χ0n) is 13.2. The van der Waals surface area contributed by atoms with Crippen molar-refractivity contribution in [1.82, 2.24) is 0 Å². The summed E-state index contributed by atoms with van der Waals surface area (Å²) in [6.07, 6.45) is 2.88. The average molecular weight is 360 g/mol. The van der Waals surface area contributed by atoms with E-state index in [1.807, 2.05) is 0 Å². The topological polar surface area (TPSA) is 101 Å². The quantitative estimate of drug-likeness (QED) is 0.480. The van der Waals surface area contributed by atoms with Gasteiger partial charge in [0.15, 0.2) is 0 Å². The third-order valence-electron chi connectivity index (χ3n) is 3.07. The zero-order chi connectivity index (χ0) is 18.4. The number of nitro groups is 1. The Morgan fingerprint density at radius 1 is 1.08 bits per heavy atom. The van der Waals surface area contributed by atoms with E-state index in [4.69, 9.17) is 11.6 Å². The van der Waals surface area contributed by atoms with Gasteiger partial charge in [-0.3, -0.25) is 19.7 Å². The Bertz CT molecular complexity index is 847. The molecule has 8 heteroatoms. The minimum absolute atomic E-state index is 0.00204. The molecule has 2 aromatic carbocycles. The highest BCUT2D eigenvalue weighted by atomic mass is 35.5. The average Bonchev–Trinajstić information content (AvgIpc) is 2.55. The van der Waals surface area contributed by atoms with Crippen LogP contribution in [0.15, 0.2) is 48.5 Å². The predicted molar refractivity (Wildman–Crippen MR) is 96.5 cm³/mol. The number of hydrogen-bond acceptors (Lipinski definition) is 4. The SMILES string of the molecule is CC(=O)Nc1ccc(/C=C/C(=O)Nc2ccc(Cl)c([N+](=O)[O-])c2)cc1. The molecule has 128 valence electrons. The van der Waals surface area contributed by atoms with Gasteiger partial charge in [-0.25, -0.2) is 0 Å². The maximum atomic E-state index is 11.9. The molecule has 2 N–H and O–H groups in total. The first-order valence-electron chi connectivity index (χ1n) is 7.16. The molecule has 0 radical (unpaired) electrons. The lowest BCUT2D eigenvalue weighted by molar-refractivity contribution is -0.384. The molecule has 0 aliphatic heterocycles. The summed E-state index contributed by atoms with van der Waals surface area (Å²) in [6, 6.07) is 10.9. The number of anilines is 2. The van der Waals surface area contributed by atoms with E-state index in [-0.39, 0.29) is 22.3 Å². The molecule has 0 aliphatic carbocycles. The van der Waals surface area contributed by atoms with Crippen LogP contribution in [-0.4, -0.2) is 16.7 Å². The fourth-order valence-electron chi connectivity index (χ4n) is 1.97. The molecule has 0 fully saturated rings. The minimum atomic E-state index is -0.621. The van der Waals surface area contributed by atoms with Crippen LogP contribution in [0, 0.1) is 10.1 Å². The predicted octanol–water partition coefficient (Wildman–Crippen LogP) is 3.86. The number of benzene rings is 2. The normalized spacial score (nSPS) is 10.5. The van der Waals surface area contributed by atoms with Crippen LogP contribution < -0.4 is 10.6 Å².